The summed E-state index contributed by atoms with van der Waals surface area (Å²) in [5.41, 5.74) is 4.06. The van der Waals surface area contributed by atoms with Crippen LogP contribution in [-0.4, -0.2) is 12.5 Å². The van der Waals surface area contributed by atoms with Gasteiger partial charge in [-0.1, -0.05) is 24.3 Å². The average molecular weight is 295 g/mol. The molecule has 0 aliphatic carbocycles. The van der Waals surface area contributed by atoms with Crippen molar-refractivity contribution in [1.82, 2.24) is 0 Å². The molecule has 0 saturated carbocycles. The number of amides is 1. The Balaban J connectivity index is 2.00. The van der Waals surface area contributed by atoms with Crippen molar-refractivity contribution in [3.8, 4) is 5.75 Å². The third kappa shape index (κ3) is 4.22. The van der Waals surface area contributed by atoms with Crippen LogP contribution < -0.4 is 10.1 Å². The Morgan fingerprint density at radius 2 is 1.86 bits per heavy atom. The van der Waals surface area contributed by atoms with Crippen molar-refractivity contribution in [2.45, 2.75) is 20.8 Å². The van der Waals surface area contributed by atoms with Crippen LogP contribution in [0.15, 0.2) is 48.5 Å². The lowest BCUT2D eigenvalue weighted by Crippen LogP contribution is -2.09. The molecule has 0 aliphatic rings. The third-order valence-electron chi connectivity index (χ3n) is 3.48. The topological polar surface area (TPSA) is 38.3 Å². The molecule has 0 heterocycles. The standard InChI is InChI=1S/C19H21NO2/c1-4-22-17-11-8-16(9-12-17)10-13-19(21)20-18-7-5-6-14(2)15(18)3/h5-13H,4H2,1-3H3,(H,20,21). The van der Waals surface area contributed by atoms with E-state index in [-0.39, 0.29) is 5.91 Å². The number of anilines is 1. The highest BCUT2D eigenvalue weighted by Crippen LogP contribution is 2.18. The van der Waals surface area contributed by atoms with Crippen LogP contribution in [0.2, 0.25) is 0 Å². The van der Waals surface area contributed by atoms with Gasteiger partial charge in [-0.25, -0.2) is 0 Å². The van der Waals surface area contributed by atoms with Gasteiger partial charge in [-0.3, -0.25) is 4.79 Å². The molecule has 0 aromatic heterocycles. The minimum atomic E-state index is -0.136. The molecular formula is C19H21NO2. The Kier molecular flexibility index (Phi) is 5.37. The van der Waals surface area contributed by atoms with Gasteiger partial charge in [0.05, 0.1) is 6.61 Å². The summed E-state index contributed by atoms with van der Waals surface area (Å²) < 4.78 is 5.39. The first-order chi connectivity index (χ1) is 10.6. The number of aryl methyl sites for hydroxylation is 1. The Morgan fingerprint density at radius 3 is 2.55 bits per heavy atom. The van der Waals surface area contributed by atoms with E-state index in [0.717, 1.165) is 28.1 Å². The van der Waals surface area contributed by atoms with Gasteiger partial charge < -0.3 is 10.1 Å². The van der Waals surface area contributed by atoms with E-state index in [1.807, 2.05) is 63.2 Å². The molecule has 0 atom stereocenters. The van der Waals surface area contributed by atoms with Crippen LogP contribution in [-0.2, 0) is 4.79 Å². The predicted molar refractivity (Wildman–Crippen MR) is 91.2 cm³/mol. The lowest BCUT2D eigenvalue weighted by molar-refractivity contribution is -0.111. The van der Waals surface area contributed by atoms with Crippen molar-refractivity contribution in [2.75, 3.05) is 11.9 Å². The van der Waals surface area contributed by atoms with Crippen LogP contribution in [0, 0.1) is 13.8 Å². The van der Waals surface area contributed by atoms with Gasteiger partial charge in [-0.05, 0) is 61.7 Å². The normalized spacial score (nSPS) is 10.7. The van der Waals surface area contributed by atoms with Crippen LogP contribution in [0.5, 0.6) is 5.75 Å². The van der Waals surface area contributed by atoms with Crippen LogP contribution in [0.25, 0.3) is 6.08 Å². The summed E-state index contributed by atoms with van der Waals surface area (Å²) >= 11 is 0. The van der Waals surface area contributed by atoms with Crippen molar-refractivity contribution in [2.24, 2.45) is 0 Å². The van der Waals surface area contributed by atoms with E-state index < -0.39 is 0 Å². The molecule has 0 saturated heterocycles. The minimum absolute atomic E-state index is 0.136. The number of nitrogens with one attached hydrogen (secondary N) is 1. The Bertz CT molecular complexity index is 672. The fourth-order valence-electron chi connectivity index (χ4n) is 2.07. The number of ether oxygens (including phenoxy) is 1. The number of rotatable bonds is 5. The molecule has 0 aliphatic heterocycles. The molecule has 2 aromatic rings. The maximum absolute atomic E-state index is 12.0. The van der Waals surface area contributed by atoms with Gasteiger partial charge in [0.15, 0.2) is 0 Å². The van der Waals surface area contributed by atoms with Crippen LogP contribution >= 0.6 is 0 Å². The van der Waals surface area contributed by atoms with Crippen molar-refractivity contribution in [3.05, 3.63) is 65.2 Å². The zero-order chi connectivity index (χ0) is 15.9. The average Bonchev–Trinajstić information content (AvgIpc) is 2.51. The van der Waals surface area contributed by atoms with Gasteiger partial charge >= 0.3 is 0 Å². The highest BCUT2D eigenvalue weighted by Gasteiger charge is 2.03. The van der Waals surface area contributed by atoms with E-state index in [1.54, 1.807) is 6.08 Å². The summed E-state index contributed by atoms with van der Waals surface area (Å²) in [4.78, 5) is 12.0. The molecule has 2 aromatic carbocycles. The summed E-state index contributed by atoms with van der Waals surface area (Å²) in [5.74, 6) is 0.696. The molecule has 3 heteroatoms. The Labute approximate surface area is 131 Å². The maximum atomic E-state index is 12.0. The Hall–Kier alpha value is -2.55. The van der Waals surface area contributed by atoms with Gasteiger partial charge in [0.2, 0.25) is 5.91 Å². The second-order valence-corrected chi connectivity index (χ2v) is 5.07. The highest BCUT2D eigenvalue weighted by atomic mass is 16.5. The molecule has 0 radical (unpaired) electrons. The van der Waals surface area contributed by atoms with Crippen molar-refractivity contribution in [3.63, 3.8) is 0 Å². The Morgan fingerprint density at radius 1 is 1.14 bits per heavy atom. The van der Waals surface area contributed by atoms with E-state index >= 15 is 0 Å². The number of hydrogen-bond acceptors (Lipinski definition) is 2. The van der Waals surface area contributed by atoms with Gasteiger partial charge in [0.1, 0.15) is 5.75 Å². The number of benzene rings is 2. The van der Waals surface area contributed by atoms with Crippen LogP contribution in [0.3, 0.4) is 0 Å². The molecular weight excluding hydrogens is 274 g/mol. The molecule has 114 valence electrons. The second kappa shape index (κ2) is 7.46. The molecule has 0 unspecified atom stereocenters. The number of hydrogen-bond donors (Lipinski definition) is 1. The lowest BCUT2D eigenvalue weighted by Gasteiger charge is -2.08. The fraction of sp³-hybridized carbons (Fsp3) is 0.211. The molecule has 1 amide bonds. The van der Waals surface area contributed by atoms with Gasteiger partial charge in [-0.15, -0.1) is 0 Å². The van der Waals surface area contributed by atoms with Gasteiger partial charge in [0, 0.05) is 11.8 Å². The van der Waals surface area contributed by atoms with Crippen LogP contribution in [0.4, 0.5) is 5.69 Å². The van der Waals surface area contributed by atoms with E-state index in [1.165, 1.54) is 6.08 Å². The summed E-state index contributed by atoms with van der Waals surface area (Å²) in [6, 6.07) is 13.5. The molecule has 2 rings (SSSR count). The largest absolute Gasteiger partial charge is 0.494 e. The van der Waals surface area contributed by atoms with Gasteiger partial charge in [-0.2, -0.15) is 0 Å². The monoisotopic (exact) mass is 295 g/mol. The fourth-order valence-corrected chi connectivity index (χ4v) is 2.07. The van der Waals surface area contributed by atoms with E-state index in [4.69, 9.17) is 4.74 Å². The summed E-state index contributed by atoms with van der Waals surface area (Å²) in [7, 11) is 0. The first-order valence-corrected chi connectivity index (χ1v) is 7.38. The second-order valence-electron chi connectivity index (χ2n) is 5.07. The first-order valence-electron chi connectivity index (χ1n) is 7.38. The van der Waals surface area contributed by atoms with E-state index in [9.17, 15) is 4.79 Å². The minimum Gasteiger partial charge on any atom is -0.494 e. The smallest absolute Gasteiger partial charge is 0.248 e. The highest BCUT2D eigenvalue weighted by molar-refractivity contribution is 6.02. The number of carbonyl (C=O) groups is 1. The van der Waals surface area contributed by atoms with Gasteiger partial charge in [0.25, 0.3) is 0 Å². The SMILES string of the molecule is CCOc1ccc(C=CC(=O)Nc2cccc(C)c2C)cc1. The van der Waals surface area contributed by atoms with Crippen molar-refractivity contribution < 1.29 is 9.53 Å². The quantitative estimate of drug-likeness (QED) is 0.833. The lowest BCUT2D eigenvalue weighted by atomic mass is 10.1. The summed E-state index contributed by atoms with van der Waals surface area (Å²) in [5, 5.41) is 2.90. The summed E-state index contributed by atoms with van der Waals surface area (Å²) in [6.07, 6.45) is 3.33. The third-order valence-corrected chi connectivity index (χ3v) is 3.48. The van der Waals surface area contributed by atoms with Crippen molar-refractivity contribution in [1.29, 1.82) is 0 Å². The zero-order valence-corrected chi connectivity index (χ0v) is 13.2. The van der Waals surface area contributed by atoms with Crippen LogP contribution in [0.1, 0.15) is 23.6 Å². The molecule has 0 spiro atoms. The molecule has 0 fully saturated rings. The van der Waals surface area contributed by atoms with Crippen molar-refractivity contribution >= 4 is 17.7 Å². The van der Waals surface area contributed by atoms with E-state index in [2.05, 4.69) is 5.32 Å². The molecule has 1 N–H and O–H groups in total. The maximum Gasteiger partial charge on any atom is 0.248 e. The molecule has 0 bridgehead atoms. The summed E-state index contributed by atoms with van der Waals surface area (Å²) in [6.45, 7) is 6.63. The first kappa shape index (κ1) is 15.8. The molecule has 22 heavy (non-hydrogen) atoms. The van der Waals surface area contributed by atoms with E-state index in [0.29, 0.717) is 6.61 Å². The molecule has 3 nitrogen and oxygen atoms in total. The zero-order valence-electron chi connectivity index (χ0n) is 13.2. The number of carbonyl (C=O) groups excluding carboxylic acids is 1. The predicted octanol–water partition coefficient (Wildman–Crippen LogP) is 4.35.